The first-order chi connectivity index (χ1) is 12.4. The molecule has 2 N–H and O–H groups in total. The first kappa shape index (κ1) is 20.3. The Labute approximate surface area is 162 Å². The second-order valence-electron chi connectivity index (χ2n) is 6.74. The van der Waals surface area contributed by atoms with Crippen molar-refractivity contribution in [1.82, 2.24) is 15.2 Å². The first-order valence-electron chi connectivity index (χ1n) is 8.75. The fourth-order valence-electron chi connectivity index (χ4n) is 3.08. The molecule has 2 amide bonds. The van der Waals surface area contributed by atoms with Crippen LogP contribution in [-0.2, 0) is 9.59 Å². The van der Waals surface area contributed by atoms with Crippen molar-refractivity contribution >= 4 is 33.6 Å². The zero-order chi connectivity index (χ0) is 19.0. The van der Waals surface area contributed by atoms with E-state index >= 15 is 0 Å². The summed E-state index contributed by atoms with van der Waals surface area (Å²) in [5, 5.41) is 15.1. The third-order valence-electron chi connectivity index (χ3n) is 4.37. The number of rotatable bonds is 6. The minimum Gasteiger partial charge on any atom is -0.337 e. The number of likely N-dealkylation sites (N-methyl/N-ethyl adjacent to an activating group) is 1. The average molecular weight is 422 g/mol. The number of carbonyl (C=O) groups is 2. The van der Waals surface area contributed by atoms with Gasteiger partial charge in [0.05, 0.1) is 19.2 Å². The third kappa shape index (κ3) is 6.39. The van der Waals surface area contributed by atoms with E-state index in [1.54, 1.807) is 30.3 Å². The Morgan fingerprint density at radius 2 is 1.88 bits per heavy atom. The van der Waals surface area contributed by atoms with Gasteiger partial charge < -0.3 is 10.6 Å². The topological polar surface area (TPSA) is 98.1 Å². The number of halogens is 1. The van der Waals surface area contributed by atoms with E-state index in [-0.39, 0.29) is 24.9 Å². The van der Waals surface area contributed by atoms with Gasteiger partial charge in [-0.05, 0) is 48.0 Å². The van der Waals surface area contributed by atoms with Crippen LogP contribution in [0.3, 0.4) is 0 Å². The summed E-state index contributed by atoms with van der Waals surface area (Å²) >= 11 is 3.28. The van der Waals surface area contributed by atoms with Crippen LogP contribution >= 0.6 is 15.9 Å². The number of nitrogens with one attached hydrogen (secondary N) is 2. The predicted octanol–water partition coefficient (Wildman–Crippen LogP) is 2.45. The molecule has 0 unspecified atom stereocenters. The summed E-state index contributed by atoms with van der Waals surface area (Å²) in [4.78, 5) is 30.1. The van der Waals surface area contributed by atoms with Crippen molar-refractivity contribution in [3.05, 3.63) is 22.8 Å². The van der Waals surface area contributed by atoms with Crippen molar-refractivity contribution < 1.29 is 9.59 Å². The minimum absolute atomic E-state index is 0.0601. The van der Waals surface area contributed by atoms with Crippen molar-refractivity contribution in [3.63, 3.8) is 0 Å². The fraction of sp³-hybridized carbons (Fsp3) is 0.556. The van der Waals surface area contributed by atoms with Crippen LogP contribution in [0.2, 0.25) is 0 Å². The van der Waals surface area contributed by atoms with Crippen LogP contribution in [0.25, 0.3) is 0 Å². The number of carbonyl (C=O) groups excluding carboxylic acids is 2. The van der Waals surface area contributed by atoms with E-state index in [1.807, 2.05) is 0 Å². The van der Waals surface area contributed by atoms with Crippen molar-refractivity contribution in [2.75, 3.05) is 25.5 Å². The Bertz CT molecular complexity index is 663. The molecule has 1 aliphatic rings. The predicted molar refractivity (Wildman–Crippen MR) is 102 cm³/mol. The number of hydrogen-bond acceptors (Lipinski definition) is 5. The van der Waals surface area contributed by atoms with Crippen LogP contribution in [-0.4, -0.2) is 47.4 Å². The maximum Gasteiger partial charge on any atom is 0.239 e. The largest absolute Gasteiger partial charge is 0.337 e. The average Bonchev–Trinajstić information content (AvgIpc) is 2.82. The van der Waals surface area contributed by atoms with E-state index in [0.717, 1.165) is 30.2 Å². The van der Waals surface area contributed by atoms with Gasteiger partial charge in [0.25, 0.3) is 0 Å². The number of aromatic nitrogens is 1. The molecule has 7 nitrogen and oxygen atoms in total. The molecular formula is C18H24BrN5O2. The molecule has 0 atom stereocenters. The minimum atomic E-state index is -0.766. The molecule has 0 saturated heterocycles. The Morgan fingerprint density at radius 3 is 2.46 bits per heavy atom. The monoisotopic (exact) mass is 421 g/mol. The number of nitriles is 1. The van der Waals surface area contributed by atoms with Gasteiger partial charge in [-0.3, -0.25) is 14.5 Å². The molecule has 1 aromatic heterocycles. The molecule has 1 saturated carbocycles. The highest BCUT2D eigenvalue weighted by atomic mass is 79.9. The Balaban J connectivity index is 1.81. The van der Waals surface area contributed by atoms with Gasteiger partial charge in [-0.1, -0.05) is 25.7 Å². The number of pyridine rings is 1. The molecular weight excluding hydrogens is 398 g/mol. The molecule has 0 aromatic carbocycles. The summed E-state index contributed by atoms with van der Waals surface area (Å²) in [7, 11) is 1.69. The smallest absolute Gasteiger partial charge is 0.239 e. The molecule has 1 heterocycles. The lowest BCUT2D eigenvalue weighted by Crippen LogP contribution is -2.50. The van der Waals surface area contributed by atoms with Crippen LogP contribution in [0.1, 0.15) is 38.5 Å². The highest BCUT2D eigenvalue weighted by Crippen LogP contribution is 2.26. The maximum atomic E-state index is 12.3. The molecule has 8 heteroatoms. The number of nitrogens with zero attached hydrogens (tertiary/aromatic N) is 3. The van der Waals surface area contributed by atoms with Crippen molar-refractivity contribution in [2.24, 2.45) is 0 Å². The van der Waals surface area contributed by atoms with E-state index in [0.29, 0.717) is 18.7 Å². The zero-order valence-electron chi connectivity index (χ0n) is 14.9. The van der Waals surface area contributed by atoms with Crippen LogP contribution < -0.4 is 10.6 Å². The van der Waals surface area contributed by atoms with Crippen molar-refractivity contribution in [1.29, 1.82) is 5.26 Å². The van der Waals surface area contributed by atoms with Crippen molar-refractivity contribution in [3.8, 4) is 6.07 Å². The van der Waals surface area contributed by atoms with Gasteiger partial charge in [0.15, 0.2) is 0 Å². The van der Waals surface area contributed by atoms with Gasteiger partial charge >= 0.3 is 0 Å². The summed E-state index contributed by atoms with van der Waals surface area (Å²) in [5.41, 5.74) is -0.766. The Hall–Kier alpha value is -1.98. The zero-order valence-corrected chi connectivity index (χ0v) is 16.5. The normalized spacial score (nSPS) is 16.4. The second kappa shape index (κ2) is 9.64. The molecule has 2 rings (SSSR count). The van der Waals surface area contributed by atoms with Crippen LogP contribution in [0.15, 0.2) is 22.8 Å². The van der Waals surface area contributed by atoms with Gasteiger partial charge in [-0.25, -0.2) is 4.98 Å². The van der Waals surface area contributed by atoms with Gasteiger partial charge in [0, 0.05) is 10.7 Å². The Morgan fingerprint density at radius 1 is 1.23 bits per heavy atom. The van der Waals surface area contributed by atoms with Crippen LogP contribution in [0.4, 0.5) is 5.82 Å². The molecule has 0 aliphatic heterocycles. The first-order valence-corrected chi connectivity index (χ1v) is 9.54. The van der Waals surface area contributed by atoms with E-state index in [9.17, 15) is 14.9 Å². The number of amides is 2. The lowest BCUT2D eigenvalue weighted by Gasteiger charge is -2.27. The van der Waals surface area contributed by atoms with E-state index in [1.165, 1.54) is 0 Å². The molecule has 26 heavy (non-hydrogen) atoms. The third-order valence-corrected chi connectivity index (χ3v) is 4.84. The summed E-state index contributed by atoms with van der Waals surface area (Å²) in [6.07, 6.45) is 7.08. The second-order valence-corrected chi connectivity index (χ2v) is 7.65. The maximum absolute atomic E-state index is 12.3. The van der Waals surface area contributed by atoms with Crippen molar-refractivity contribution in [2.45, 2.75) is 44.1 Å². The van der Waals surface area contributed by atoms with Crippen LogP contribution in [0, 0.1) is 11.3 Å². The molecule has 140 valence electrons. The number of anilines is 1. The molecule has 1 aromatic rings. The summed E-state index contributed by atoms with van der Waals surface area (Å²) in [6.45, 7) is 0.120. The summed E-state index contributed by atoms with van der Waals surface area (Å²) < 4.78 is 0.828. The molecule has 1 aliphatic carbocycles. The van der Waals surface area contributed by atoms with E-state index in [4.69, 9.17) is 0 Å². The highest BCUT2D eigenvalue weighted by Gasteiger charge is 2.32. The lowest BCUT2D eigenvalue weighted by atomic mass is 9.92. The van der Waals surface area contributed by atoms with Gasteiger partial charge in [-0.2, -0.15) is 5.26 Å². The SMILES string of the molecule is CN(CC(=O)Nc1ccc(Br)cn1)CC(=O)NC1(C#N)CCCCCC1. The molecule has 0 spiro atoms. The summed E-state index contributed by atoms with van der Waals surface area (Å²) in [5.74, 6) is -0.0250. The van der Waals surface area contributed by atoms with E-state index < -0.39 is 5.54 Å². The fourth-order valence-corrected chi connectivity index (χ4v) is 3.32. The standard InChI is InChI=1S/C18H24BrN5O2/c1-24(11-16(25)22-15-7-6-14(19)10-21-15)12-17(26)23-18(13-20)8-4-2-3-5-9-18/h6-7,10H,2-5,8-9,11-12H2,1H3,(H,23,26)(H,21,22,25). The number of hydrogen-bond donors (Lipinski definition) is 2. The highest BCUT2D eigenvalue weighted by molar-refractivity contribution is 9.10. The van der Waals surface area contributed by atoms with Gasteiger partial charge in [0.2, 0.25) is 11.8 Å². The van der Waals surface area contributed by atoms with Gasteiger partial charge in [-0.15, -0.1) is 0 Å². The quantitative estimate of drug-likeness (QED) is 0.687. The lowest BCUT2D eigenvalue weighted by molar-refractivity contribution is -0.124. The van der Waals surface area contributed by atoms with Gasteiger partial charge in [0.1, 0.15) is 11.4 Å². The molecule has 1 fully saturated rings. The summed E-state index contributed by atoms with van der Waals surface area (Å²) in [6, 6.07) is 5.78. The molecule has 0 radical (unpaired) electrons. The Kier molecular flexibility index (Phi) is 7.54. The van der Waals surface area contributed by atoms with Crippen LogP contribution in [0.5, 0.6) is 0 Å². The molecule has 0 bridgehead atoms. The van der Waals surface area contributed by atoms with E-state index in [2.05, 4.69) is 37.6 Å².